The van der Waals surface area contributed by atoms with E-state index in [9.17, 15) is 8.42 Å². The number of halogens is 2. The van der Waals surface area contributed by atoms with Crippen LogP contribution in [0.5, 0.6) is 0 Å². The fourth-order valence-corrected chi connectivity index (χ4v) is 4.30. The van der Waals surface area contributed by atoms with Crippen LogP contribution in [0.2, 0.25) is 0 Å². The number of nitrogens with zero attached hydrogens (tertiary/aromatic N) is 1. The lowest BCUT2D eigenvalue weighted by molar-refractivity contribution is 0.0730. The molecule has 0 amide bonds. The van der Waals surface area contributed by atoms with Crippen molar-refractivity contribution in [1.82, 2.24) is 4.31 Å². The zero-order chi connectivity index (χ0) is 13.2. The van der Waals surface area contributed by atoms with Gasteiger partial charge < -0.3 is 4.74 Å². The maximum absolute atomic E-state index is 12.5. The molecule has 0 spiro atoms. The Morgan fingerprint density at radius 3 is 2.61 bits per heavy atom. The van der Waals surface area contributed by atoms with Crippen LogP contribution in [0.1, 0.15) is 5.56 Å². The Morgan fingerprint density at radius 2 is 2.00 bits per heavy atom. The minimum absolute atomic E-state index is 0.266. The molecule has 1 aromatic rings. The lowest BCUT2D eigenvalue weighted by atomic mass is 10.2. The van der Waals surface area contributed by atoms with E-state index in [-0.39, 0.29) is 4.90 Å². The van der Waals surface area contributed by atoms with Gasteiger partial charge in [-0.1, -0.05) is 6.07 Å². The van der Waals surface area contributed by atoms with Crippen molar-refractivity contribution in [2.24, 2.45) is 0 Å². The maximum Gasteiger partial charge on any atom is 0.244 e. The second-order valence-corrected chi connectivity index (χ2v) is 6.94. The van der Waals surface area contributed by atoms with Gasteiger partial charge in [0.15, 0.2) is 0 Å². The first-order valence-electron chi connectivity index (χ1n) is 5.48. The van der Waals surface area contributed by atoms with Crippen molar-refractivity contribution in [3.05, 3.63) is 28.2 Å². The molecular weight excluding hydrogens is 342 g/mol. The van der Waals surface area contributed by atoms with E-state index < -0.39 is 10.0 Å². The van der Waals surface area contributed by atoms with Gasteiger partial charge in [-0.3, -0.25) is 0 Å². The molecule has 0 unspecified atom stereocenters. The van der Waals surface area contributed by atoms with Gasteiger partial charge in [0.25, 0.3) is 0 Å². The summed E-state index contributed by atoms with van der Waals surface area (Å²) >= 11 is 9.03. The van der Waals surface area contributed by atoms with E-state index in [1.807, 2.05) is 0 Å². The molecule has 1 aliphatic heterocycles. The molecule has 4 nitrogen and oxygen atoms in total. The number of benzene rings is 1. The van der Waals surface area contributed by atoms with Crippen LogP contribution in [0.15, 0.2) is 27.6 Å². The molecule has 0 bridgehead atoms. The fourth-order valence-electron chi connectivity index (χ4n) is 1.75. The van der Waals surface area contributed by atoms with E-state index in [0.29, 0.717) is 36.7 Å². The molecule has 18 heavy (non-hydrogen) atoms. The zero-order valence-corrected chi connectivity index (χ0v) is 12.8. The molecule has 1 fully saturated rings. The number of hydrogen-bond donors (Lipinski definition) is 0. The van der Waals surface area contributed by atoms with E-state index in [1.54, 1.807) is 18.2 Å². The Morgan fingerprint density at radius 1 is 1.33 bits per heavy atom. The first-order valence-corrected chi connectivity index (χ1v) is 8.25. The smallest absolute Gasteiger partial charge is 0.244 e. The summed E-state index contributed by atoms with van der Waals surface area (Å²) < 4.78 is 32.1. The van der Waals surface area contributed by atoms with Gasteiger partial charge in [0.2, 0.25) is 10.0 Å². The van der Waals surface area contributed by atoms with Gasteiger partial charge in [-0.15, -0.1) is 11.6 Å². The van der Waals surface area contributed by atoms with Crippen LogP contribution >= 0.6 is 27.5 Å². The lowest BCUT2D eigenvalue weighted by Gasteiger charge is -2.26. The Balaban J connectivity index is 2.39. The number of hydrogen-bond acceptors (Lipinski definition) is 3. The van der Waals surface area contributed by atoms with Gasteiger partial charge in [-0.2, -0.15) is 4.31 Å². The summed E-state index contributed by atoms with van der Waals surface area (Å²) in [5, 5.41) is 0. The SMILES string of the molecule is O=S(=O)(c1cc(CCl)ccc1Br)N1CCOCC1. The Bertz CT molecular complexity index is 529. The number of ether oxygens (including phenoxy) is 1. The van der Waals surface area contributed by atoms with Crippen LogP contribution in [-0.2, 0) is 20.6 Å². The molecule has 0 aromatic heterocycles. The quantitative estimate of drug-likeness (QED) is 0.782. The minimum Gasteiger partial charge on any atom is -0.379 e. The highest BCUT2D eigenvalue weighted by atomic mass is 79.9. The predicted octanol–water partition coefficient (Wildman–Crippen LogP) is 2.21. The number of rotatable bonds is 3. The highest BCUT2D eigenvalue weighted by molar-refractivity contribution is 9.10. The normalized spacial score (nSPS) is 17.9. The maximum atomic E-state index is 12.5. The third-order valence-electron chi connectivity index (χ3n) is 2.74. The van der Waals surface area contributed by atoms with Gasteiger partial charge in [0, 0.05) is 23.4 Å². The van der Waals surface area contributed by atoms with Crippen molar-refractivity contribution in [2.75, 3.05) is 26.3 Å². The molecule has 0 atom stereocenters. The molecule has 1 aromatic carbocycles. The molecule has 0 saturated carbocycles. The predicted molar refractivity (Wildman–Crippen MR) is 73.3 cm³/mol. The van der Waals surface area contributed by atoms with Crippen molar-refractivity contribution in [1.29, 1.82) is 0 Å². The van der Waals surface area contributed by atoms with Gasteiger partial charge in [0.1, 0.15) is 0 Å². The standard InChI is InChI=1S/C11H13BrClNO3S/c12-10-2-1-9(8-13)7-11(10)18(15,16)14-3-5-17-6-4-14/h1-2,7H,3-6,8H2. The van der Waals surface area contributed by atoms with Crippen LogP contribution in [0.3, 0.4) is 0 Å². The second kappa shape index (κ2) is 5.88. The van der Waals surface area contributed by atoms with Crippen LogP contribution in [0.25, 0.3) is 0 Å². The molecule has 0 aliphatic carbocycles. The summed E-state index contributed by atoms with van der Waals surface area (Å²) in [5.41, 5.74) is 0.784. The molecule has 100 valence electrons. The van der Waals surface area contributed by atoms with E-state index in [1.165, 1.54) is 4.31 Å². The third-order valence-corrected chi connectivity index (χ3v) is 5.94. The number of alkyl halides is 1. The van der Waals surface area contributed by atoms with E-state index in [4.69, 9.17) is 16.3 Å². The highest BCUT2D eigenvalue weighted by Gasteiger charge is 2.28. The number of sulfonamides is 1. The van der Waals surface area contributed by atoms with Gasteiger partial charge in [-0.05, 0) is 33.6 Å². The second-order valence-electron chi connectivity index (χ2n) is 3.91. The first kappa shape index (κ1) is 14.3. The van der Waals surface area contributed by atoms with Crippen molar-refractivity contribution >= 4 is 37.6 Å². The van der Waals surface area contributed by atoms with Gasteiger partial charge in [0.05, 0.1) is 18.1 Å². The average molecular weight is 355 g/mol. The summed E-state index contributed by atoms with van der Waals surface area (Å²) in [4.78, 5) is 0.266. The first-order chi connectivity index (χ1) is 8.55. The molecule has 1 heterocycles. The van der Waals surface area contributed by atoms with Crippen LogP contribution in [0, 0.1) is 0 Å². The molecular formula is C11H13BrClNO3S. The monoisotopic (exact) mass is 353 g/mol. The topological polar surface area (TPSA) is 46.6 Å². The third kappa shape index (κ3) is 2.88. The Labute approximate surface area is 120 Å². The molecule has 1 saturated heterocycles. The average Bonchev–Trinajstić information content (AvgIpc) is 2.40. The zero-order valence-electron chi connectivity index (χ0n) is 9.60. The van der Waals surface area contributed by atoms with E-state index in [0.717, 1.165) is 5.56 Å². The van der Waals surface area contributed by atoms with Gasteiger partial charge in [-0.25, -0.2) is 8.42 Å². The van der Waals surface area contributed by atoms with Crippen LogP contribution in [0.4, 0.5) is 0 Å². The summed E-state index contributed by atoms with van der Waals surface area (Å²) in [6.45, 7) is 1.65. The molecule has 1 aliphatic rings. The van der Waals surface area contributed by atoms with Crippen molar-refractivity contribution in [3.63, 3.8) is 0 Å². The van der Waals surface area contributed by atoms with E-state index in [2.05, 4.69) is 15.9 Å². The Kier molecular flexibility index (Phi) is 4.66. The highest BCUT2D eigenvalue weighted by Crippen LogP contribution is 2.27. The lowest BCUT2D eigenvalue weighted by Crippen LogP contribution is -2.40. The fraction of sp³-hybridized carbons (Fsp3) is 0.455. The van der Waals surface area contributed by atoms with E-state index >= 15 is 0 Å². The van der Waals surface area contributed by atoms with Crippen molar-refractivity contribution < 1.29 is 13.2 Å². The summed E-state index contributed by atoms with van der Waals surface area (Å²) in [6.07, 6.45) is 0. The molecule has 0 radical (unpaired) electrons. The van der Waals surface area contributed by atoms with Crippen molar-refractivity contribution in [2.45, 2.75) is 10.8 Å². The largest absolute Gasteiger partial charge is 0.379 e. The van der Waals surface area contributed by atoms with Gasteiger partial charge >= 0.3 is 0 Å². The van der Waals surface area contributed by atoms with Crippen LogP contribution < -0.4 is 0 Å². The minimum atomic E-state index is -3.48. The van der Waals surface area contributed by atoms with Crippen molar-refractivity contribution in [3.8, 4) is 0 Å². The molecule has 0 N–H and O–H groups in total. The Hall–Kier alpha value is -0.140. The summed E-state index contributed by atoms with van der Waals surface area (Å²) in [6, 6.07) is 5.13. The summed E-state index contributed by atoms with van der Waals surface area (Å²) in [5.74, 6) is 0.291. The number of morpholine rings is 1. The summed E-state index contributed by atoms with van der Waals surface area (Å²) in [7, 11) is -3.48. The van der Waals surface area contributed by atoms with Crippen LogP contribution in [-0.4, -0.2) is 39.0 Å². The molecule has 2 rings (SSSR count). The molecule has 7 heteroatoms.